The van der Waals surface area contributed by atoms with Gasteiger partial charge in [-0.2, -0.15) is 9.97 Å². The topological polar surface area (TPSA) is 123 Å². The number of carboxylic acid groups (broad SMARTS) is 1. The molecule has 4 rings (SSSR count). The number of carboxylic acids is 1. The summed E-state index contributed by atoms with van der Waals surface area (Å²) in [4.78, 5) is 31.4. The number of allylic oxidation sites excluding steroid dienone is 1. The van der Waals surface area contributed by atoms with Crippen molar-refractivity contribution in [3.05, 3.63) is 58.9 Å². The van der Waals surface area contributed by atoms with Gasteiger partial charge in [0.05, 0.1) is 24.5 Å². The minimum atomic E-state index is -1.02. The smallest absolute Gasteiger partial charge is 0.347 e. The number of aryl methyl sites for hydroxylation is 1. The number of aromatic nitrogens is 4. The van der Waals surface area contributed by atoms with Crippen molar-refractivity contribution in [1.29, 1.82) is 0 Å². The summed E-state index contributed by atoms with van der Waals surface area (Å²) in [5.41, 5.74) is 2.16. The summed E-state index contributed by atoms with van der Waals surface area (Å²) >= 11 is 1.03. The largest absolute Gasteiger partial charge is 0.477 e. The monoisotopic (exact) mass is 468 g/mol. The minimum absolute atomic E-state index is 0.169. The second-order valence-corrected chi connectivity index (χ2v) is 8.26. The lowest BCUT2D eigenvalue weighted by atomic mass is 10.2. The standard InChI is InChI=1S/C22H24N6O4S/c1-3-5-16-18(28-8-10-31-11-9-28)25-21(27-22-24-14(2)17(33-22)20(29)30)26-19(16)32-13-15-6-4-7-23-12-15/h3-4,6-7,12H,1,5,8-11,13H2,2H3,(H,29,30)(H,24,25,26,27). The Morgan fingerprint density at radius 1 is 1.36 bits per heavy atom. The van der Waals surface area contributed by atoms with Crippen LogP contribution >= 0.6 is 11.3 Å². The summed E-state index contributed by atoms with van der Waals surface area (Å²) in [5, 5.41) is 12.8. The first kappa shape index (κ1) is 22.6. The van der Waals surface area contributed by atoms with Crippen LogP contribution in [0.4, 0.5) is 16.9 Å². The van der Waals surface area contributed by atoms with Crippen molar-refractivity contribution >= 4 is 34.2 Å². The van der Waals surface area contributed by atoms with E-state index in [-0.39, 0.29) is 17.4 Å². The molecule has 0 unspecified atom stereocenters. The van der Waals surface area contributed by atoms with Gasteiger partial charge < -0.3 is 19.5 Å². The predicted molar refractivity (Wildman–Crippen MR) is 125 cm³/mol. The summed E-state index contributed by atoms with van der Waals surface area (Å²) in [7, 11) is 0. The van der Waals surface area contributed by atoms with Crippen molar-refractivity contribution in [2.24, 2.45) is 0 Å². The molecule has 0 radical (unpaired) electrons. The molecule has 2 N–H and O–H groups in total. The molecular weight excluding hydrogens is 444 g/mol. The Bertz CT molecular complexity index is 1130. The second kappa shape index (κ2) is 10.4. The van der Waals surface area contributed by atoms with E-state index in [0.29, 0.717) is 49.4 Å². The first-order valence-electron chi connectivity index (χ1n) is 10.4. The van der Waals surface area contributed by atoms with Crippen LogP contribution in [-0.4, -0.2) is 57.3 Å². The van der Waals surface area contributed by atoms with Gasteiger partial charge in [0, 0.05) is 31.0 Å². The Kier molecular flexibility index (Phi) is 7.10. The molecule has 172 valence electrons. The normalized spacial score (nSPS) is 13.5. The van der Waals surface area contributed by atoms with Gasteiger partial charge in [0.15, 0.2) is 5.13 Å². The Labute approximate surface area is 195 Å². The highest BCUT2D eigenvalue weighted by Crippen LogP contribution is 2.32. The number of carbonyl (C=O) groups is 1. The van der Waals surface area contributed by atoms with E-state index in [1.807, 2.05) is 12.1 Å². The summed E-state index contributed by atoms with van der Waals surface area (Å²) in [6.07, 6.45) is 5.75. The number of aromatic carboxylic acids is 1. The molecule has 1 fully saturated rings. The van der Waals surface area contributed by atoms with Crippen molar-refractivity contribution in [3.8, 4) is 5.88 Å². The summed E-state index contributed by atoms with van der Waals surface area (Å²) in [5.74, 6) is 0.402. The number of anilines is 3. The van der Waals surface area contributed by atoms with Crippen LogP contribution in [0, 0.1) is 6.92 Å². The fourth-order valence-corrected chi connectivity index (χ4v) is 4.17. The molecule has 11 heteroatoms. The number of hydrogen-bond donors (Lipinski definition) is 2. The molecule has 0 aromatic carbocycles. The maximum Gasteiger partial charge on any atom is 0.347 e. The van der Waals surface area contributed by atoms with Gasteiger partial charge in [0.25, 0.3) is 0 Å². The number of morpholine rings is 1. The molecule has 3 aromatic heterocycles. The Morgan fingerprint density at radius 3 is 2.85 bits per heavy atom. The van der Waals surface area contributed by atoms with Crippen molar-refractivity contribution in [2.45, 2.75) is 20.0 Å². The maximum absolute atomic E-state index is 11.4. The van der Waals surface area contributed by atoms with E-state index in [9.17, 15) is 9.90 Å². The first-order chi connectivity index (χ1) is 16.0. The van der Waals surface area contributed by atoms with Crippen molar-refractivity contribution < 1.29 is 19.4 Å². The quantitative estimate of drug-likeness (QED) is 0.453. The lowest BCUT2D eigenvalue weighted by Crippen LogP contribution is -2.37. The molecule has 1 saturated heterocycles. The number of hydrogen-bond acceptors (Lipinski definition) is 10. The van der Waals surface area contributed by atoms with Crippen LogP contribution in [0.25, 0.3) is 0 Å². The van der Waals surface area contributed by atoms with Crippen molar-refractivity contribution in [3.63, 3.8) is 0 Å². The number of pyridine rings is 1. The highest BCUT2D eigenvalue weighted by atomic mass is 32.1. The van der Waals surface area contributed by atoms with Gasteiger partial charge in [-0.3, -0.25) is 10.3 Å². The molecule has 10 nitrogen and oxygen atoms in total. The average molecular weight is 469 g/mol. The van der Waals surface area contributed by atoms with Crippen LogP contribution in [0.2, 0.25) is 0 Å². The van der Waals surface area contributed by atoms with Crippen LogP contribution in [0.15, 0.2) is 37.2 Å². The third-order valence-corrected chi connectivity index (χ3v) is 5.98. The number of thiazole rings is 1. The predicted octanol–water partition coefficient (Wildman–Crippen LogP) is 3.22. The Morgan fingerprint density at radius 2 is 2.18 bits per heavy atom. The van der Waals surface area contributed by atoms with Gasteiger partial charge >= 0.3 is 5.97 Å². The fourth-order valence-electron chi connectivity index (χ4n) is 3.37. The molecule has 33 heavy (non-hydrogen) atoms. The van der Waals surface area contributed by atoms with E-state index in [4.69, 9.17) is 14.5 Å². The highest BCUT2D eigenvalue weighted by molar-refractivity contribution is 7.17. The highest BCUT2D eigenvalue weighted by Gasteiger charge is 2.23. The lowest BCUT2D eigenvalue weighted by molar-refractivity contribution is 0.0701. The molecule has 0 amide bonds. The van der Waals surface area contributed by atoms with Crippen molar-refractivity contribution in [2.75, 3.05) is 36.5 Å². The number of nitrogens with one attached hydrogen (secondary N) is 1. The first-order valence-corrected chi connectivity index (χ1v) is 11.2. The zero-order chi connectivity index (χ0) is 23.2. The molecule has 0 atom stereocenters. The maximum atomic E-state index is 11.4. The molecule has 0 aliphatic carbocycles. The van der Waals surface area contributed by atoms with Gasteiger partial charge in [0.1, 0.15) is 17.3 Å². The van der Waals surface area contributed by atoms with E-state index in [1.165, 1.54) is 0 Å². The number of ether oxygens (including phenoxy) is 2. The van der Waals surface area contributed by atoms with Crippen LogP contribution in [-0.2, 0) is 17.8 Å². The van der Waals surface area contributed by atoms with Gasteiger partial charge in [-0.05, 0) is 19.4 Å². The zero-order valence-corrected chi connectivity index (χ0v) is 19.0. The summed E-state index contributed by atoms with van der Waals surface area (Å²) < 4.78 is 11.6. The van der Waals surface area contributed by atoms with E-state index < -0.39 is 5.97 Å². The molecule has 4 heterocycles. The summed E-state index contributed by atoms with van der Waals surface area (Å²) in [6, 6.07) is 3.77. The van der Waals surface area contributed by atoms with Gasteiger partial charge in [-0.15, -0.1) is 6.58 Å². The van der Waals surface area contributed by atoms with E-state index >= 15 is 0 Å². The average Bonchev–Trinajstić information content (AvgIpc) is 3.20. The van der Waals surface area contributed by atoms with Crippen molar-refractivity contribution in [1.82, 2.24) is 19.9 Å². The minimum Gasteiger partial charge on any atom is -0.477 e. The molecule has 1 aliphatic rings. The van der Waals surface area contributed by atoms with E-state index in [1.54, 1.807) is 25.4 Å². The molecule has 0 bridgehead atoms. The van der Waals surface area contributed by atoms with Gasteiger partial charge in [-0.1, -0.05) is 23.5 Å². The van der Waals surface area contributed by atoms with Crippen LogP contribution in [0.1, 0.15) is 26.5 Å². The van der Waals surface area contributed by atoms with Gasteiger partial charge in [-0.25, -0.2) is 9.78 Å². The van der Waals surface area contributed by atoms with E-state index in [2.05, 4.69) is 31.7 Å². The SMILES string of the molecule is C=CCc1c(OCc2cccnc2)nc(Nc2nc(C)c(C(=O)O)s2)nc1N1CCOCC1. The molecule has 3 aromatic rings. The number of rotatable bonds is 9. The van der Waals surface area contributed by atoms with E-state index in [0.717, 1.165) is 28.3 Å². The number of nitrogens with zero attached hydrogens (tertiary/aromatic N) is 5. The molecular formula is C22H24N6O4S. The van der Waals surface area contributed by atoms with Crippen LogP contribution < -0.4 is 15.0 Å². The Hall–Kier alpha value is -3.57. The molecule has 0 spiro atoms. The fraction of sp³-hybridized carbons (Fsp3) is 0.318. The second-order valence-electron chi connectivity index (χ2n) is 7.26. The molecule has 1 aliphatic heterocycles. The van der Waals surface area contributed by atoms with Crippen LogP contribution in [0.3, 0.4) is 0 Å². The Balaban J connectivity index is 1.71. The molecule has 0 saturated carbocycles. The van der Waals surface area contributed by atoms with Gasteiger partial charge in [0.2, 0.25) is 11.8 Å². The third-order valence-electron chi connectivity index (χ3n) is 4.91. The zero-order valence-electron chi connectivity index (χ0n) is 18.2. The third kappa shape index (κ3) is 5.44. The summed E-state index contributed by atoms with van der Waals surface area (Å²) in [6.45, 7) is 8.38. The lowest BCUT2D eigenvalue weighted by Gasteiger charge is -2.30. The van der Waals surface area contributed by atoms with Crippen LogP contribution in [0.5, 0.6) is 5.88 Å².